The minimum absolute atomic E-state index is 0.0382. The first-order chi connectivity index (χ1) is 14.7. The third kappa shape index (κ3) is 9.24. The van der Waals surface area contributed by atoms with E-state index in [0.29, 0.717) is 6.54 Å². The van der Waals surface area contributed by atoms with Crippen LogP contribution in [-0.2, 0) is 16.0 Å². The molecule has 1 aliphatic carbocycles. The zero-order valence-corrected chi connectivity index (χ0v) is 18.2. The van der Waals surface area contributed by atoms with Crippen LogP contribution in [0.15, 0.2) is 54.1 Å². The molecule has 0 unspecified atom stereocenters. The van der Waals surface area contributed by atoms with Crippen LogP contribution in [0.5, 0.6) is 0 Å². The first-order valence-corrected chi connectivity index (χ1v) is 10.3. The Labute approximate surface area is 181 Å². The number of carbonyl (C=O) groups excluding carboxylic acids is 1. The zero-order chi connectivity index (χ0) is 23.4. The molecule has 0 aromatic heterocycles. The van der Waals surface area contributed by atoms with Crippen LogP contribution in [0.2, 0.25) is 0 Å². The van der Waals surface area contributed by atoms with Gasteiger partial charge in [-0.3, -0.25) is 9.59 Å². The number of amides is 1. The lowest BCUT2D eigenvalue weighted by Gasteiger charge is -2.18. The largest absolute Gasteiger partial charge is 0.483 e. The summed E-state index contributed by atoms with van der Waals surface area (Å²) in [6.45, 7) is 6.12. The van der Waals surface area contributed by atoms with E-state index in [1.54, 1.807) is 11.8 Å². The van der Waals surface area contributed by atoms with Crippen LogP contribution in [0.4, 0.5) is 13.2 Å². The summed E-state index contributed by atoms with van der Waals surface area (Å²) in [5, 5.41) is 6.89. The lowest BCUT2D eigenvalue weighted by molar-refractivity contribution is -0.131. The van der Waals surface area contributed by atoms with Gasteiger partial charge in [0.15, 0.2) is 0 Å². The van der Waals surface area contributed by atoms with Crippen LogP contribution in [0.25, 0.3) is 5.57 Å². The lowest BCUT2D eigenvalue weighted by atomic mass is 10.0. The number of nitrogens with zero attached hydrogens (tertiary/aromatic N) is 1. The summed E-state index contributed by atoms with van der Waals surface area (Å²) < 4.78 is 40.1. The fourth-order valence-electron chi connectivity index (χ4n) is 2.86. The molecule has 1 fully saturated rings. The number of halogens is 3. The molecule has 0 bridgehead atoms. The Morgan fingerprint density at radius 3 is 2.39 bits per heavy atom. The van der Waals surface area contributed by atoms with Crippen LogP contribution < -0.4 is 0 Å². The summed E-state index contributed by atoms with van der Waals surface area (Å²) in [4.78, 5) is 22.0. The normalized spacial score (nSPS) is 14.8. The van der Waals surface area contributed by atoms with Crippen molar-refractivity contribution in [2.75, 3.05) is 13.1 Å². The van der Waals surface area contributed by atoms with Gasteiger partial charge in [0.05, 0.1) is 5.57 Å². The molecule has 1 amide bonds. The molecule has 170 valence electrons. The predicted molar refractivity (Wildman–Crippen MR) is 116 cm³/mol. The van der Waals surface area contributed by atoms with Gasteiger partial charge in [-0.05, 0) is 55.9 Å². The van der Waals surface area contributed by atoms with Crippen molar-refractivity contribution >= 4 is 18.0 Å². The topological polar surface area (TPSA) is 57.6 Å². The van der Waals surface area contributed by atoms with E-state index in [9.17, 15) is 18.0 Å². The zero-order valence-electron chi connectivity index (χ0n) is 18.2. The number of carboxylic acid groups (broad SMARTS) is 1. The molecule has 0 radical (unpaired) electrons. The molecule has 1 aromatic rings. The van der Waals surface area contributed by atoms with Crippen molar-refractivity contribution in [1.29, 1.82) is 0 Å². The van der Waals surface area contributed by atoms with Crippen LogP contribution >= 0.6 is 0 Å². The van der Waals surface area contributed by atoms with E-state index in [1.165, 1.54) is 12.2 Å². The molecule has 2 rings (SSSR count). The second-order valence-corrected chi connectivity index (χ2v) is 7.18. The first kappa shape index (κ1) is 26.2. The van der Waals surface area contributed by atoms with E-state index in [-0.39, 0.29) is 24.8 Å². The Morgan fingerprint density at radius 1 is 1.23 bits per heavy atom. The number of aryl methyl sites for hydroxylation is 1. The highest BCUT2D eigenvalue weighted by Gasteiger charge is 2.33. The molecule has 0 aliphatic heterocycles. The minimum atomic E-state index is -4.45. The standard InChI is InChI=1S/C23H28F3NO.CH2O2/c1-4-18-8-6-9-20(16-18)17(3)11-14-21(23(24,25)26)10-7-15-27(5-2)22(28)19-12-13-19;2-1-3/h6-11,14,16,19H,4-5,12-13,15H2,1-3H3;1H,(H,2,3)/b10-7+,17-11+,21-14+;. The van der Waals surface area contributed by atoms with Gasteiger partial charge in [0.1, 0.15) is 0 Å². The number of benzene rings is 1. The van der Waals surface area contributed by atoms with Crippen LogP contribution in [0.3, 0.4) is 0 Å². The van der Waals surface area contributed by atoms with Gasteiger partial charge in [0.2, 0.25) is 5.91 Å². The minimum Gasteiger partial charge on any atom is -0.483 e. The number of alkyl halides is 3. The number of hydrogen-bond donors (Lipinski definition) is 1. The quantitative estimate of drug-likeness (QED) is 0.422. The lowest BCUT2D eigenvalue weighted by Crippen LogP contribution is -2.32. The SMILES string of the molecule is CCc1cccc(/C(C)=C/C=C(\C=C\CN(CC)C(=O)C2CC2)C(F)(F)F)c1.O=CO. The summed E-state index contributed by atoms with van der Waals surface area (Å²) in [5.74, 6) is 0.103. The molecular formula is C24H30F3NO3. The number of likely N-dealkylation sites (N-methyl/N-ethyl adjacent to an activating group) is 1. The van der Waals surface area contributed by atoms with Crippen LogP contribution in [0, 0.1) is 5.92 Å². The van der Waals surface area contributed by atoms with Gasteiger partial charge >= 0.3 is 6.18 Å². The van der Waals surface area contributed by atoms with Crippen molar-refractivity contribution in [2.45, 2.75) is 46.2 Å². The number of carbonyl (C=O) groups is 2. The maximum atomic E-state index is 13.4. The van der Waals surface area contributed by atoms with Crippen LogP contribution in [0.1, 0.15) is 44.7 Å². The Hall–Kier alpha value is -2.83. The Bertz CT molecular complexity index is 822. The van der Waals surface area contributed by atoms with Gasteiger partial charge in [-0.2, -0.15) is 13.2 Å². The number of allylic oxidation sites excluding steroid dienone is 5. The predicted octanol–water partition coefficient (Wildman–Crippen LogP) is 5.66. The van der Waals surface area contributed by atoms with Gasteiger partial charge < -0.3 is 10.0 Å². The summed E-state index contributed by atoms with van der Waals surface area (Å²) in [6.07, 6.45) is 3.28. The maximum absolute atomic E-state index is 13.4. The molecule has 0 spiro atoms. The van der Waals surface area contributed by atoms with Crippen molar-refractivity contribution in [2.24, 2.45) is 5.92 Å². The second kappa shape index (κ2) is 12.8. The monoisotopic (exact) mass is 437 g/mol. The van der Waals surface area contributed by atoms with Gasteiger partial charge in [0, 0.05) is 19.0 Å². The summed E-state index contributed by atoms with van der Waals surface area (Å²) in [5.41, 5.74) is 2.09. The smallest absolute Gasteiger partial charge is 0.416 e. The van der Waals surface area contributed by atoms with Crippen LogP contribution in [-0.4, -0.2) is 41.7 Å². The summed E-state index contributed by atoms with van der Waals surface area (Å²) >= 11 is 0. The third-order valence-corrected chi connectivity index (χ3v) is 4.87. The molecular weight excluding hydrogens is 407 g/mol. The highest BCUT2D eigenvalue weighted by Crippen LogP contribution is 2.31. The highest BCUT2D eigenvalue weighted by atomic mass is 19.4. The second-order valence-electron chi connectivity index (χ2n) is 7.18. The Morgan fingerprint density at radius 2 is 1.87 bits per heavy atom. The summed E-state index contributed by atoms with van der Waals surface area (Å²) in [6, 6.07) is 7.80. The molecule has 1 aliphatic rings. The molecule has 0 heterocycles. The Kier molecular flexibility index (Phi) is 10.8. The highest BCUT2D eigenvalue weighted by molar-refractivity contribution is 5.81. The molecule has 0 atom stereocenters. The van der Waals surface area contributed by atoms with E-state index < -0.39 is 11.7 Å². The molecule has 1 N–H and O–H groups in total. The molecule has 1 aromatic carbocycles. The van der Waals surface area contributed by atoms with Crippen molar-refractivity contribution in [1.82, 2.24) is 4.90 Å². The number of rotatable bonds is 8. The average molecular weight is 438 g/mol. The Balaban J connectivity index is 0.00000151. The maximum Gasteiger partial charge on any atom is 0.416 e. The van der Waals surface area contributed by atoms with Gasteiger partial charge in [0.25, 0.3) is 6.47 Å². The molecule has 31 heavy (non-hydrogen) atoms. The fourth-order valence-corrected chi connectivity index (χ4v) is 2.86. The van der Waals surface area contributed by atoms with Crippen molar-refractivity contribution in [3.05, 3.63) is 65.3 Å². The number of hydrogen-bond acceptors (Lipinski definition) is 2. The van der Waals surface area contributed by atoms with Gasteiger partial charge in [-0.15, -0.1) is 0 Å². The van der Waals surface area contributed by atoms with Gasteiger partial charge in [-0.1, -0.05) is 49.4 Å². The van der Waals surface area contributed by atoms with E-state index in [4.69, 9.17) is 9.90 Å². The van der Waals surface area contributed by atoms with Gasteiger partial charge in [-0.25, -0.2) is 0 Å². The van der Waals surface area contributed by atoms with Crippen molar-refractivity contribution in [3.8, 4) is 0 Å². The fraction of sp³-hybridized carbons (Fsp3) is 0.417. The van der Waals surface area contributed by atoms with Crippen molar-refractivity contribution < 1.29 is 27.9 Å². The van der Waals surface area contributed by atoms with Crippen molar-refractivity contribution in [3.63, 3.8) is 0 Å². The van der Waals surface area contributed by atoms with E-state index in [2.05, 4.69) is 0 Å². The molecule has 1 saturated carbocycles. The summed E-state index contributed by atoms with van der Waals surface area (Å²) in [7, 11) is 0. The average Bonchev–Trinajstić information content (AvgIpc) is 3.57. The molecule has 4 nitrogen and oxygen atoms in total. The molecule has 0 saturated heterocycles. The third-order valence-electron chi connectivity index (χ3n) is 4.87. The van der Waals surface area contributed by atoms with E-state index in [0.717, 1.165) is 48.1 Å². The van der Waals surface area contributed by atoms with E-state index in [1.807, 2.05) is 38.1 Å². The first-order valence-electron chi connectivity index (χ1n) is 10.3. The van der Waals surface area contributed by atoms with E-state index >= 15 is 0 Å². The molecule has 7 heteroatoms.